The van der Waals surface area contributed by atoms with Gasteiger partial charge in [-0.05, 0) is 25.3 Å². The van der Waals surface area contributed by atoms with E-state index >= 15 is 0 Å². The highest BCUT2D eigenvalue weighted by Crippen LogP contribution is 2.21. The van der Waals surface area contributed by atoms with Gasteiger partial charge in [-0.15, -0.1) is 0 Å². The molecule has 1 aliphatic heterocycles. The average Bonchev–Trinajstić information content (AvgIpc) is 3.04. The third kappa shape index (κ3) is 6.62. The van der Waals surface area contributed by atoms with Crippen molar-refractivity contribution in [3.63, 3.8) is 0 Å². The molecule has 3 amide bonds. The molecule has 0 bridgehead atoms. The van der Waals surface area contributed by atoms with Crippen LogP contribution in [0.4, 0.5) is 0 Å². The molecule has 2 atom stereocenters. The number of hydrogen-bond acceptors (Lipinski definition) is 5. The normalized spacial score (nSPS) is 18.4. The van der Waals surface area contributed by atoms with Crippen LogP contribution in [0, 0.1) is 5.92 Å². The van der Waals surface area contributed by atoms with Gasteiger partial charge in [0.25, 0.3) is 0 Å². The fraction of sp³-hybridized carbons (Fsp3) is 0.765. The van der Waals surface area contributed by atoms with E-state index in [4.69, 9.17) is 5.11 Å². The Hall–Kier alpha value is -2.16. The lowest BCUT2D eigenvalue weighted by Crippen LogP contribution is -2.53. The average molecular weight is 370 g/mol. The summed E-state index contributed by atoms with van der Waals surface area (Å²) in [6.07, 6.45) is 1.99. The maximum Gasteiger partial charge on any atom is 0.305 e. The Morgan fingerprint density at radius 2 is 2.04 bits per heavy atom. The lowest BCUT2D eigenvalue weighted by Gasteiger charge is -2.36. The van der Waals surface area contributed by atoms with E-state index in [1.54, 1.807) is 11.9 Å². The van der Waals surface area contributed by atoms with E-state index in [9.17, 15) is 19.2 Å². The van der Waals surface area contributed by atoms with Gasteiger partial charge in [0.05, 0.1) is 19.0 Å². The van der Waals surface area contributed by atoms with Crippen molar-refractivity contribution in [2.45, 2.75) is 45.2 Å². The zero-order valence-electron chi connectivity index (χ0n) is 15.7. The van der Waals surface area contributed by atoms with Gasteiger partial charge in [0.15, 0.2) is 0 Å². The minimum Gasteiger partial charge on any atom is -0.481 e. The van der Waals surface area contributed by atoms with Crippen LogP contribution in [0.15, 0.2) is 0 Å². The van der Waals surface area contributed by atoms with E-state index in [-0.39, 0.29) is 49.3 Å². The Labute approximate surface area is 154 Å². The van der Waals surface area contributed by atoms with Crippen LogP contribution in [0.5, 0.6) is 0 Å². The van der Waals surface area contributed by atoms with E-state index < -0.39 is 5.97 Å². The Balaban J connectivity index is 2.68. The maximum absolute atomic E-state index is 12.4. The highest BCUT2D eigenvalue weighted by molar-refractivity contribution is 5.82. The number of nitrogens with one attached hydrogen (secondary N) is 2. The number of hydrogen-bond donors (Lipinski definition) is 3. The van der Waals surface area contributed by atoms with E-state index in [2.05, 4.69) is 15.5 Å². The van der Waals surface area contributed by atoms with Gasteiger partial charge in [-0.1, -0.05) is 13.8 Å². The lowest BCUT2D eigenvalue weighted by molar-refractivity contribution is -0.137. The first-order chi connectivity index (χ1) is 12.3. The third-order valence-electron chi connectivity index (χ3n) is 4.72. The molecule has 3 N–H and O–H groups in total. The summed E-state index contributed by atoms with van der Waals surface area (Å²) in [5, 5.41) is 13.7. The summed E-state index contributed by atoms with van der Waals surface area (Å²) in [5.41, 5.74) is 0. The van der Waals surface area contributed by atoms with Crippen molar-refractivity contribution in [2.24, 2.45) is 5.92 Å². The minimum absolute atomic E-state index is 0.0533. The Morgan fingerprint density at radius 3 is 2.62 bits per heavy atom. The predicted octanol–water partition coefficient (Wildman–Crippen LogP) is -0.729. The number of likely N-dealkylation sites (tertiary alicyclic amines) is 1. The summed E-state index contributed by atoms with van der Waals surface area (Å²) < 4.78 is 0. The van der Waals surface area contributed by atoms with Gasteiger partial charge in [-0.25, -0.2) is 0 Å². The number of amides is 3. The summed E-state index contributed by atoms with van der Waals surface area (Å²) >= 11 is 0. The lowest BCUT2D eigenvalue weighted by atomic mass is 10.0. The molecule has 1 rings (SSSR count). The number of carboxylic acid groups (broad SMARTS) is 1. The van der Waals surface area contributed by atoms with Crippen LogP contribution in [-0.4, -0.2) is 84.4 Å². The van der Waals surface area contributed by atoms with Gasteiger partial charge in [0, 0.05) is 26.2 Å². The van der Waals surface area contributed by atoms with Gasteiger partial charge in [-0.3, -0.25) is 24.1 Å². The van der Waals surface area contributed by atoms with Crippen molar-refractivity contribution in [1.29, 1.82) is 0 Å². The molecule has 9 heteroatoms. The molecule has 9 nitrogen and oxygen atoms in total. The number of rotatable bonds is 11. The van der Waals surface area contributed by atoms with Crippen LogP contribution in [-0.2, 0) is 19.2 Å². The topological polar surface area (TPSA) is 119 Å². The number of nitrogens with zero attached hydrogens (tertiary/aromatic N) is 2. The number of likely N-dealkylation sites (N-methyl/N-ethyl adjacent to an activating group) is 1. The molecule has 1 saturated heterocycles. The number of carbonyl (C=O) groups is 4. The molecule has 1 heterocycles. The Morgan fingerprint density at radius 1 is 1.35 bits per heavy atom. The molecule has 0 aromatic carbocycles. The second-order valence-corrected chi connectivity index (χ2v) is 6.90. The van der Waals surface area contributed by atoms with Crippen LogP contribution < -0.4 is 10.6 Å². The molecule has 0 aromatic heterocycles. The molecule has 1 fully saturated rings. The van der Waals surface area contributed by atoms with Crippen molar-refractivity contribution in [1.82, 2.24) is 20.4 Å². The number of carboxylic acids is 1. The van der Waals surface area contributed by atoms with Gasteiger partial charge in [-0.2, -0.15) is 0 Å². The summed E-state index contributed by atoms with van der Waals surface area (Å²) in [4.78, 5) is 49.2. The fourth-order valence-corrected chi connectivity index (χ4v) is 3.21. The zero-order valence-corrected chi connectivity index (χ0v) is 15.7. The van der Waals surface area contributed by atoms with Crippen LogP contribution in [0.2, 0.25) is 0 Å². The van der Waals surface area contributed by atoms with Crippen LogP contribution in [0.3, 0.4) is 0 Å². The van der Waals surface area contributed by atoms with E-state index in [1.807, 2.05) is 13.8 Å². The highest BCUT2D eigenvalue weighted by atomic mass is 16.4. The van der Waals surface area contributed by atoms with Crippen molar-refractivity contribution in [2.75, 3.05) is 33.2 Å². The van der Waals surface area contributed by atoms with Crippen molar-refractivity contribution < 1.29 is 24.3 Å². The third-order valence-corrected chi connectivity index (χ3v) is 4.72. The monoisotopic (exact) mass is 370 g/mol. The zero-order chi connectivity index (χ0) is 19.7. The molecule has 0 unspecified atom stereocenters. The molecular weight excluding hydrogens is 340 g/mol. The molecular formula is C17H30N4O5. The first kappa shape index (κ1) is 21.9. The van der Waals surface area contributed by atoms with Crippen LogP contribution in [0.1, 0.15) is 33.1 Å². The Bertz CT molecular complexity index is 511. The molecule has 0 saturated carbocycles. The first-order valence-corrected chi connectivity index (χ1v) is 8.94. The van der Waals surface area contributed by atoms with E-state index in [1.165, 1.54) is 0 Å². The van der Waals surface area contributed by atoms with Gasteiger partial charge < -0.3 is 20.6 Å². The van der Waals surface area contributed by atoms with Crippen molar-refractivity contribution in [3.8, 4) is 0 Å². The molecule has 0 spiro atoms. The number of carbonyl (C=O) groups excluding carboxylic acids is 3. The maximum atomic E-state index is 12.4. The van der Waals surface area contributed by atoms with E-state index in [0.717, 1.165) is 13.0 Å². The largest absolute Gasteiger partial charge is 0.481 e. The summed E-state index contributed by atoms with van der Waals surface area (Å²) in [5.74, 6) is -1.12. The number of aliphatic carboxylic acids is 1. The smallest absolute Gasteiger partial charge is 0.305 e. The second kappa shape index (κ2) is 10.7. The quantitative estimate of drug-likeness (QED) is 0.413. The van der Waals surface area contributed by atoms with Crippen LogP contribution in [0.25, 0.3) is 0 Å². The minimum atomic E-state index is -0.947. The van der Waals surface area contributed by atoms with E-state index in [0.29, 0.717) is 19.4 Å². The standard InChI is InChI=1S/C17H30N4O5/c1-12(2)14(20(3)15(23)9-18-11-22)10-21-8-4-5-13(21)17(26)19-7-6-16(24)25/h11-14H,4-10H2,1-3H3,(H,18,22)(H,19,26)(H,24,25)/t13-,14+/m0/s1. The summed E-state index contributed by atoms with van der Waals surface area (Å²) in [6, 6.07) is -0.398. The van der Waals surface area contributed by atoms with Crippen molar-refractivity contribution in [3.05, 3.63) is 0 Å². The van der Waals surface area contributed by atoms with Gasteiger partial charge in [0.2, 0.25) is 18.2 Å². The highest BCUT2D eigenvalue weighted by Gasteiger charge is 2.34. The van der Waals surface area contributed by atoms with Crippen LogP contribution >= 0.6 is 0 Å². The fourth-order valence-electron chi connectivity index (χ4n) is 3.21. The Kier molecular flexibility index (Phi) is 9.04. The SMILES string of the molecule is CC(C)[C@@H](CN1CCC[C@H]1C(=O)NCCC(=O)O)N(C)C(=O)CNC=O. The second-order valence-electron chi connectivity index (χ2n) is 6.90. The summed E-state index contributed by atoms with van der Waals surface area (Å²) in [6.45, 7) is 5.40. The van der Waals surface area contributed by atoms with Crippen molar-refractivity contribution >= 4 is 24.2 Å². The molecule has 148 valence electrons. The first-order valence-electron chi connectivity index (χ1n) is 8.94. The molecule has 0 aromatic rings. The molecule has 0 aliphatic carbocycles. The van der Waals surface area contributed by atoms with Gasteiger partial charge >= 0.3 is 5.97 Å². The predicted molar refractivity (Wildman–Crippen MR) is 95.3 cm³/mol. The molecule has 0 radical (unpaired) electrons. The summed E-state index contributed by atoms with van der Waals surface area (Å²) in [7, 11) is 1.71. The van der Waals surface area contributed by atoms with Gasteiger partial charge in [0.1, 0.15) is 0 Å². The molecule has 26 heavy (non-hydrogen) atoms. The molecule has 1 aliphatic rings.